The monoisotopic (exact) mass is 285 g/mol. The highest BCUT2D eigenvalue weighted by molar-refractivity contribution is 5.91. The first-order valence-corrected chi connectivity index (χ1v) is 6.78. The highest BCUT2D eigenvalue weighted by atomic mass is 16.4. The molecule has 3 rings (SSSR count). The van der Waals surface area contributed by atoms with Gasteiger partial charge in [-0.25, -0.2) is 9.78 Å². The molecule has 108 valence electrons. The number of carbonyl (C=O) groups excluding carboxylic acids is 1. The summed E-state index contributed by atoms with van der Waals surface area (Å²) in [6.07, 6.45) is 0.494. The van der Waals surface area contributed by atoms with E-state index < -0.39 is 11.9 Å². The highest BCUT2D eigenvalue weighted by Gasteiger charge is 2.30. The fourth-order valence-electron chi connectivity index (χ4n) is 2.47. The number of anilines is 1. The second-order valence-corrected chi connectivity index (χ2v) is 5.09. The van der Waals surface area contributed by atoms with E-state index in [9.17, 15) is 9.59 Å². The number of amides is 2. The maximum Gasteiger partial charge on any atom is 0.323 e. The van der Waals surface area contributed by atoms with Crippen LogP contribution in [0.1, 0.15) is 6.42 Å². The Morgan fingerprint density at radius 1 is 1.24 bits per heavy atom. The van der Waals surface area contributed by atoms with Crippen molar-refractivity contribution in [3.63, 3.8) is 0 Å². The van der Waals surface area contributed by atoms with Gasteiger partial charge in [-0.1, -0.05) is 18.2 Å². The second kappa shape index (κ2) is 5.40. The van der Waals surface area contributed by atoms with E-state index in [4.69, 9.17) is 5.11 Å². The lowest BCUT2D eigenvalue weighted by molar-refractivity contribution is -0.141. The average molecular weight is 285 g/mol. The van der Waals surface area contributed by atoms with Crippen molar-refractivity contribution >= 4 is 28.7 Å². The van der Waals surface area contributed by atoms with Crippen LogP contribution in [0.25, 0.3) is 10.9 Å². The first-order chi connectivity index (χ1) is 10.1. The van der Waals surface area contributed by atoms with Crippen LogP contribution in [-0.2, 0) is 4.79 Å². The number of aromatic nitrogens is 1. The van der Waals surface area contributed by atoms with E-state index in [1.165, 1.54) is 4.90 Å². The first kappa shape index (κ1) is 13.4. The lowest BCUT2D eigenvalue weighted by Crippen LogP contribution is -2.34. The number of nitrogens with zero attached hydrogens (tertiary/aromatic N) is 2. The minimum absolute atomic E-state index is 0.245. The third kappa shape index (κ3) is 2.79. The smallest absolute Gasteiger partial charge is 0.323 e. The van der Waals surface area contributed by atoms with Gasteiger partial charge in [0.05, 0.1) is 11.4 Å². The minimum Gasteiger partial charge on any atom is -0.481 e. The Bertz CT molecular complexity index is 701. The number of carboxylic acid groups (broad SMARTS) is 1. The number of likely N-dealkylation sites (tertiary alicyclic amines) is 1. The van der Waals surface area contributed by atoms with Gasteiger partial charge in [-0.15, -0.1) is 0 Å². The maximum atomic E-state index is 12.1. The van der Waals surface area contributed by atoms with Crippen LogP contribution in [0, 0.1) is 5.92 Å². The van der Waals surface area contributed by atoms with Crippen LogP contribution in [0.2, 0.25) is 0 Å². The number of carboxylic acids is 1. The summed E-state index contributed by atoms with van der Waals surface area (Å²) in [6.45, 7) is 0.700. The number of fused-ring (bicyclic) bond motifs is 1. The van der Waals surface area contributed by atoms with Gasteiger partial charge in [-0.3, -0.25) is 10.1 Å². The molecule has 0 bridgehead atoms. The van der Waals surface area contributed by atoms with Crippen LogP contribution in [0.3, 0.4) is 0 Å². The minimum atomic E-state index is -0.853. The molecule has 0 aliphatic carbocycles. The summed E-state index contributed by atoms with van der Waals surface area (Å²) in [5, 5.41) is 12.7. The number of nitrogens with one attached hydrogen (secondary N) is 1. The van der Waals surface area contributed by atoms with E-state index in [2.05, 4.69) is 10.3 Å². The Morgan fingerprint density at radius 3 is 2.81 bits per heavy atom. The van der Waals surface area contributed by atoms with Gasteiger partial charge in [-0.2, -0.15) is 0 Å². The number of para-hydroxylation sites is 1. The number of urea groups is 1. The predicted molar refractivity (Wildman–Crippen MR) is 78.1 cm³/mol. The topological polar surface area (TPSA) is 82.5 Å². The number of pyridine rings is 1. The molecule has 2 heterocycles. The molecule has 1 fully saturated rings. The van der Waals surface area contributed by atoms with E-state index in [-0.39, 0.29) is 12.6 Å². The molecule has 1 aromatic heterocycles. The number of hydrogen-bond acceptors (Lipinski definition) is 3. The third-order valence-corrected chi connectivity index (χ3v) is 3.66. The molecule has 2 N–H and O–H groups in total. The lowest BCUT2D eigenvalue weighted by Gasteiger charge is -2.16. The summed E-state index contributed by atoms with van der Waals surface area (Å²) in [7, 11) is 0. The molecule has 1 aromatic carbocycles. The molecule has 6 heteroatoms. The van der Waals surface area contributed by atoms with Crippen molar-refractivity contribution in [3.05, 3.63) is 36.4 Å². The summed E-state index contributed by atoms with van der Waals surface area (Å²) < 4.78 is 0. The van der Waals surface area contributed by atoms with Crippen molar-refractivity contribution in [3.8, 4) is 0 Å². The van der Waals surface area contributed by atoms with Crippen LogP contribution in [0.15, 0.2) is 36.4 Å². The maximum absolute atomic E-state index is 12.1. The van der Waals surface area contributed by atoms with Crippen LogP contribution in [0.4, 0.5) is 10.6 Å². The predicted octanol–water partition coefficient (Wildman–Crippen LogP) is 2.17. The third-order valence-electron chi connectivity index (χ3n) is 3.66. The largest absolute Gasteiger partial charge is 0.481 e. The van der Waals surface area contributed by atoms with Crippen molar-refractivity contribution in [2.75, 3.05) is 18.4 Å². The van der Waals surface area contributed by atoms with Gasteiger partial charge < -0.3 is 10.0 Å². The van der Waals surface area contributed by atoms with Gasteiger partial charge in [0.1, 0.15) is 5.82 Å². The van der Waals surface area contributed by atoms with Crippen molar-refractivity contribution in [2.24, 2.45) is 5.92 Å². The van der Waals surface area contributed by atoms with Gasteiger partial charge in [-0.05, 0) is 24.6 Å². The summed E-state index contributed by atoms with van der Waals surface area (Å²) in [5.41, 5.74) is 0.806. The van der Waals surface area contributed by atoms with Gasteiger partial charge >= 0.3 is 12.0 Å². The second-order valence-electron chi connectivity index (χ2n) is 5.09. The molecule has 1 aliphatic rings. The summed E-state index contributed by atoms with van der Waals surface area (Å²) in [5.74, 6) is -0.855. The van der Waals surface area contributed by atoms with Crippen LogP contribution >= 0.6 is 0 Å². The molecule has 1 aliphatic heterocycles. The Labute approximate surface area is 121 Å². The van der Waals surface area contributed by atoms with Crippen molar-refractivity contribution in [2.45, 2.75) is 6.42 Å². The Hall–Kier alpha value is -2.63. The number of benzene rings is 1. The Kier molecular flexibility index (Phi) is 3.43. The normalized spacial score (nSPS) is 17.9. The molecular formula is C15H15N3O3. The Morgan fingerprint density at radius 2 is 2.05 bits per heavy atom. The molecule has 6 nitrogen and oxygen atoms in total. The number of aliphatic carboxylic acids is 1. The standard InChI is InChI=1S/C15H15N3O3/c19-14(20)11-7-8-18(9-11)15(21)17-13-6-5-10-3-1-2-4-12(10)16-13/h1-6,11H,7-9H2,(H,19,20)(H,16,17,21). The molecule has 1 unspecified atom stereocenters. The zero-order valence-electron chi connectivity index (χ0n) is 11.3. The van der Waals surface area contributed by atoms with Crippen molar-refractivity contribution in [1.29, 1.82) is 0 Å². The molecular weight excluding hydrogens is 270 g/mol. The Balaban J connectivity index is 1.70. The summed E-state index contributed by atoms with van der Waals surface area (Å²) >= 11 is 0. The van der Waals surface area contributed by atoms with Crippen molar-refractivity contribution in [1.82, 2.24) is 9.88 Å². The molecule has 2 amide bonds. The first-order valence-electron chi connectivity index (χ1n) is 6.78. The fourth-order valence-corrected chi connectivity index (χ4v) is 2.47. The molecule has 0 radical (unpaired) electrons. The van der Waals surface area contributed by atoms with E-state index >= 15 is 0 Å². The zero-order valence-corrected chi connectivity index (χ0v) is 11.3. The molecule has 0 saturated carbocycles. The molecule has 0 spiro atoms. The average Bonchev–Trinajstić information content (AvgIpc) is 2.97. The molecule has 1 atom stereocenters. The SMILES string of the molecule is O=C(O)C1CCN(C(=O)Nc2ccc3ccccc3n2)C1. The number of carbonyl (C=O) groups is 2. The van der Waals surface area contributed by atoms with Gasteiger partial charge in [0, 0.05) is 18.5 Å². The zero-order chi connectivity index (χ0) is 14.8. The van der Waals surface area contributed by atoms with Crippen LogP contribution < -0.4 is 5.32 Å². The number of hydrogen-bond donors (Lipinski definition) is 2. The summed E-state index contributed by atoms with van der Waals surface area (Å²) in [6, 6.07) is 11.0. The molecule has 1 saturated heterocycles. The molecule has 21 heavy (non-hydrogen) atoms. The summed E-state index contributed by atoms with van der Waals surface area (Å²) in [4.78, 5) is 28.9. The van der Waals surface area contributed by atoms with E-state index in [0.717, 1.165) is 10.9 Å². The highest BCUT2D eigenvalue weighted by Crippen LogP contribution is 2.19. The van der Waals surface area contributed by atoms with Gasteiger partial charge in [0.25, 0.3) is 0 Å². The van der Waals surface area contributed by atoms with Crippen molar-refractivity contribution < 1.29 is 14.7 Å². The van der Waals surface area contributed by atoms with E-state index in [1.807, 2.05) is 30.3 Å². The quantitative estimate of drug-likeness (QED) is 0.886. The number of rotatable bonds is 2. The lowest BCUT2D eigenvalue weighted by atomic mass is 10.1. The van der Waals surface area contributed by atoms with E-state index in [1.54, 1.807) is 6.07 Å². The van der Waals surface area contributed by atoms with E-state index in [0.29, 0.717) is 18.8 Å². The van der Waals surface area contributed by atoms with Crippen LogP contribution in [-0.4, -0.2) is 40.1 Å². The van der Waals surface area contributed by atoms with Gasteiger partial charge in [0.2, 0.25) is 0 Å². The van der Waals surface area contributed by atoms with Gasteiger partial charge in [0.15, 0.2) is 0 Å². The molecule has 2 aromatic rings. The van der Waals surface area contributed by atoms with Crippen LogP contribution in [0.5, 0.6) is 0 Å². The fraction of sp³-hybridized carbons (Fsp3) is 0.267.